The lowest BCUT2D eigenvalue weighted by molar-refractivity contribution is -0.131. The summed E-state index contributed by atoms with van der Waals surface area (Å²) in [5, 5.41) is 10.4. The van der Waals surface area contributed by atoms with Gasteiger partial charge in [-0.05, 0) is 30.3 Å². The second-order valence-corrected chi connectivity index (χ2v) is 7.47. The van der Waals surface area contributed by atoms with E-state index in [2.05, 4.69) is 24.7 Å². The molecule has 20 heavy (non-hydrogen) atoms. The zero-order valence-corrected chi connectivity index (χ0v) is 13.4. The maximum Gasteiger partial charge on any atom is 0.264 e. The molecule has 0 heterocycles. The summed E-state index contributed by atoms with van der Waals surface area (Å²) in [6.45, 7) is 4.24. The van der Waals surface area contributed by atoms with Gasteiger partial charge in [0.05, 0.1) is 0 Å². The molecule has 1 aliphatic rings. The highest BCUT2D eigenvalue weighted by atomic mass is 32.2. The molecule has 5 nitrogen and oxygen atoms in total. The lowest BCUT2D eigenvalue weighted by Gasteiger charge is -2.25. The minimum absolute atomic E-state index is 0.327. The quantitative estimate of drug-likeness (QED) is 0.506. The third-order valence-electron chi connectivity index (χ3n) is 3.58. The molecule has 1 saturated carbocycles. The van der Waals surface area contributed by atoms with E-state index < -0.39 is 18.1 Å². The van der Waals surface area contributed by atoms with E-state index >= 15 is 0 Å². The Hall–Kier alpha value is -0.300. The Morgan fingerprint density at radius 3 is 2.60 bits per heavy atom. The Balaban J connectivity index is 2.19. The van der Waals surface area contributed by atoms with E-state index in [-0.39, 0.29) is 0 Å². The Morgan fingerprint density at radius 1 is 1.35 bits per heavy atom. The first-order chi connectivity index (χ1) is 9.50. The zero-order chi connectivity index (χ0) is 15.0. The molecule has 0 aromatic heterocycles. The van der Waals surface area contributed by atoms with Crippen molar-refractivity contribution in [1.82, 2.24) is 10.9 Å². The van der Waals surface area contributed by atoms with E-state index in [9.17, 15) is 9.90 Å². The Kier molecular flexibility index (Phi) is 8.52. The Labute approximate surface area is 126 Å². The minimum Gasteiger partial charge on any atom is -0.382 e. The van der Waals surface area contributed by atoms with E-state index in [1.54, 1.807) is 11.8 Å². The van der Waals surface area contributed by atoms with Crippen LogP contribution in [-0.2, 0) is 4.79 Å². The highest BCUT2D eigenvalue weighted by Crippen LogP contribution is 2.16. The van der Waals surface area contributed by atoms with E-state index in [0.717, 1.165) is 18.6 Å². The monoisotopic (exact) mass is 303 g/mol. The fourth-order valence-electron chi connectivity index (χ4n) is 2.29. The largest absolute Gasteiger partial charge is 0.382 e. The molecule has 1 aliphatic carbocycles. The van der Waals surface area contributed by atoms with Crippen LogP contribution in [0.5, 0.6) is 0 Å². The number of thioether (sulfide) groups is 1. The molecule has 1 amide bonds. The third kappa shape index (κ3) is 6.92. The van der Waals surface area contributed by atoms with Gasteiger partial charge in [0, 0.05) is 12.1 Å². The predicted octanol–water partition coefficient (Wildman–Crippen LogP) is 1.16. The lowest BCUT2D eigenvalue weighted by Crippen LogP contribution is -2.53. The van der Waals surface area contributed by atoms with Gasteiger partial charge in [-0.1, -0.05) is 33.1 Å². The van der Waals surface area contributed by atoms with Crippen molar-refractivity contribution in [1.29, 1.82) is 0 Å². The van der Waals surface area contributed by atoms with Crippen molar-refractivity contribution in [3.8, 4) is 0 Å². The fourth-order valence-corrected chi connectivity index (χ4v) is 3.17. The van der Waals surface area contributed by atoms with Crippen LogP contribution in [0.3, 0.4) is 0 Å². The first-order valence-electron chi connectivity index (χ1n) is 7.61. The molecule has 6 heteroatoms. The lowest BCUT2D eigenvalue weighted by atomic mass is 9.96. The summed E-state index contributed by atoms with van der Waals surface area (Å²) >= 11 is 1.79. The Morgan fingerprint density at radius 2 is 2.00 bits per heavy atom. The van der Waals surface area contributed by atoms with Crippen molar-refractivity contribution in [3.63, 3.8) is 0 Å². The molecule has 118 valence electrons. The van der Waals surface area contributed by atoms with Crippen LogP contribution >= 0.6 is 11.8 Å². The van der Waals surface area contributed by atoms with Crippen molar-refractivity contribution >= 4 is 17.7 Å². The van der Waals surface area contributed by atoms with Gasteiger partial charge in [-0.2, -0.15) is 11.8 Å². The molecule has 0 aliphatic heterocycles. The molecule has 1 fully saturated rings. The molecule has 0 spiro atoms. The normalized spacial score (nSPS) is 19.9. The number of hydrogen-bond acceptors (Lipinski definition) is 5. The van der Waals surface area contributed by atoms with Gasteiger partial charge in [0.25, 0.3) is 5.91 Å². The summed E-state index contributed by atoms with van der Waals surface area (Å²) < 4.78 is 0. The highest BCUT2D eigenvalue weighted by Gasteiger charge is 2.23. The summed E-state index contributed by atoms with van der Waals surface area (Å²) in [6, 6.07) is -0.179. The van der Waals surface area contributed by atoms with E-state index in [4.69, 9.17) is 5.73 Å². The topological polar surface area (TPSA) is 87.4 Å². The zero-order valence-electron chi connectivity index (χ0n) is 12.6. The second-order valence-electron chi connectivity index (χ2n) is 5.79. The second kappa shape index (κ2) is 9.60. The molecule has 2 atom stereocenters. The van der Waals surface area contributed by atoms with Crippen molar-refractivity contribution < 1.29 is 9.90 Å². The number of amides is 1. The van der Waals surface area contributed by atoms with Crippen molar-refractivity contribution in [2.45, 2.75) is 75.8 Å². The molecule has 1 unspecified atom stereocenters. The predicted molar refractivity (Wildman–Crippen MR) is 84.3 cm³/mol. The van der Waals surface area contributed by atoms with Gasteiger partial charge in [0.15, 0.2) is 0 Å². The average Bonchev–Trinajstić information content (AvgIpc) is 2.44. The number of rotatable bonds is 8. The smallest absolute Gasteiger partial charge is 0.264 e. The van der Waals surface area contributed by atoms with Crippen LogP contribution < -0.4 is 16.6 Å². The molecule has 5 N–H and O–H groups in total. The fraction of sp³-hybridized carbons (Fsp3) is 0.929. The number of nitrogens with one attached hydrogen (secondary N) is 2. The first kappa shape index (κ1) is 17.8. The molecule has 0 saturated heterocycles. The number of carbonyl (C=O) groups excluding carboxylic acids is 1. The number of carbonyl (C=O) groups is 1. The summed E-state index contributed by atoms with van der Waals surface area (Å²) in [5.41, 5.74) is 11.5. The van der Waals surface area contributed by atoms with Crippen LogP contribution in [0.15, 0.2) is 0 Å². The van der Waals surface area contributed by atoms with Crippen molar-refractivity contribution in [2.75, 3.05) is 5.75 Å². The van der Waals surface area contributed by atoms with Crippen LogP contribution in [0.1, 0.15) is 52.4 Å². The number of aliphatic hydroxyl groups is 1. The molecule has 0 aromatic carbocycles. The Bertz CT molecular complexity index is 284. The molecular formula is C14H29N3O2S. The summed E-state index contributed by atoms with van der Waals surface area (Å²) in [4.78, 5) is 11.8. The number of nitrogens with two attached hydrogens (primary N) is 1. The van der Waals surface area contributed by atoms with Crippen LogP contribution in [0.4, 0.5) is 0 Å². The molecular weight excluding hydrogens is 274 g/mol. The number of hydrazine groups is 1. The molecule has 0 radical (unpaired) electrons. The minimum atomic E-state index is -1.14. The van der Waals surface area contributed by atoms with Gasteiger partial charge < -0.3 is 10.8 Å². The molecule has 0 bridgehead atoms. The van der Waals surface area contributed by atoms with Crippen LogP contribution in [0.25, 0.3) is 0 Å². The van der Waals surface area contributed by atoms with E-state index in [1.807, 2.05) is 0 Å². The van der Waals surface area contributed by atoms with E-state index in [0.29, 0.717) is 17.7 Å². The average molecular weight is 303 g/mol. The van der Waals surface area contributed by atoms with Crippen LogP contribution in [-0.4, -0.2) is 40.2 Å². The van der Waals surface area contributed by atoms with Crippen molar-refractivity contribution in [2.24, 2.45) is 5.73 Å². The van der Waals surface area contributed by atoms with E-state index in [1.165, 1.54) is 19.3 Å². The first-order valence-corrected chi connectivity index (χ1v) is 8.66. The van der Waals surface area contributed by atoms with Gasteiger partial charge >= 0.3 is 0 Å². The third-order valence-corrected chi connectivity index (χ3v) is 4.72. The standard InChI is InChI=1S/C14H29N3O2S/c1-10(2)20-9-8-12(15)13(18)14(19)17-16-11-6-4-3-5-7-11/h10-13,16,18H,3-9,15H2,1-2H3,(H,17,19)/t12-,13?/m1/s1. The number of aliphatic hydroxyl groups excluding tert-OH is 1. The van der Waals surface area contributed by atoms with Gasteiger partial charge in [-0.3, -0.25) is 10.2 Å². The summed E-state index contributed by atoms with van der Waals surface area (Å²) in [5.74, 6) is 0.441. The molecule has 0 aromatic rings. The summed E-state index contributed by atoms with van der Waals surface area (Å²) in [6.07, 6.45) is 5.32. The van der Waals surface area contributed by atoms with Gasteiger partial charge in [-0.25, -0.2) is 5.43 Å². The van der Waals surface area contributed by atoms with Gasteiger partial charge in [0.1, 0.15) is 6.10 Å². The maximum atomic E-state index is 11.8. The van der Waals surface area contributed by atoms with Crippen LogP contribution in [0.2, 0.25) is 0 Å². The van der Waals surface area contributed by atoms with Gasteiger partial charge in [0.2, 0.25) is 0 Å². The maximum absolute atomic E-state index is 11.8. The van der Waals surface area contributed by atoms with Gasteiger partial charge in [-0.15, -0.1) is 0 Å². The highest BCUT2D eigenvalue weighted by molar-refractivity contribution is 7.99. The number of hydrogen-bond donors (Lipinski definition) is 4. The van der Waals surface area contributed by atoms with Crippen molar-refractivity contribution in [3.05, 3.63) is 0 Å². The molecule has 1 rings (SSSR count). The van der Waals surface area contributed by atoms with Crippen LogP contribution in [0, 0.1) is 0 Å². The summed E-state index contributed by atoms with van der Waals surface area (Å²) in [7, 11) is 0. The SMILES string of the molecule is CC(C)SCC[C@@H](N)C(O)C(=O)NNC1CCCCC1.